The molecule has 0 aliphatic heterocycles. The topological polar surface area (TPSA) is 59.3 Å². The van der Waals surface area contributed by atoms with Crippen LogP contribution in [0.15, 0.2) is 54.6 Å². The molecule has 1 aliphatic carbocycles. The second-order valence-electron chi connectivity index (χ2n) is 11.2. The number of rotatable bonds is 12. The minimum absolute atomic E-state index is 0.0277. The largest absolute Gasteiger partial charge is 0.493 e. The molecule has 0 spiro atoms. The summed E-state index contributed by atoms with van der Waals surface area (Å²) < 4.78 is 12.0. The molecular formula is C31H41NO3. The Bertz CT molecular complexity index is 1000. The molecule has 1 saturated carbocycles. The third-order valence-electron chi connectivity index (χ3n) is 8.16. The molecule has 0 aromatic heterocycles. The highest BCUT2D eigenvalue weighted by Crippen LogP contribution is 2.40. The van der Waals surface area contributed by atoms with Crippen molar-refractivity contribution in [1.29, 1.82) is 5.26 Å². The molecule has 0 N–H and O–H groups in total. The van der Waals surface area contributed by atoms with Crippen LogP contribution in [0.1, 0.15) is 89.7 Å². The van der Waals surface area contributed by atoms with E-state index >= 15 is 0 Å². The summed E-state index contributed by atoms with van der Waals surface area (Å²) in [6.07, 6.45) is 6.24. The van der Waals surface area contributed by atoms with Gasteiger partial charge in [0, 0.05) is 24.9 Å². The maximum Gasteiger partial charge on any atom is 0.144 e. The Hall–Kier alpha value is -2.64. The quantitative estimate of drug-likeness (QED) is 0.321. The van der Waals surface area contributed by atoms with Crippen molar-refractivity contribution in [1.82, 2.24) is 0 Å². The summed E-state index contributed by atoms with van der Waals surface area (Å²) in [5.41, 5.74) is 1.05. The summed E-state index contributed by atoms with van der Waals surface area (Å²) >= 11 is 0. The zero-order chi connectivity index (χ0) is 25.5. The Morgan fingerprint density at radius 3 is 2.26 bits per heavy atom. The van der Waals surface area contributed by atoms with Gasteiger partial charge < -0.3 is 9.47 Å². The first-order valence-electron chi connectivity index (χ1n) is 12.9. The van der Waals surface area contributed by atoms with E-state index in [1.165, 1.54) is 25.7 Å². The zero-order valence-corrected chi connectivity index (χ0v) is 22.1. The standard InChI is InChI=1S/C31H41NO3/c1-29(2,34-5)27(17-18-28(33)31(4,21-22-32)25-11-7-6-8-12-25)24-13-15-26(16-14-24)35-23-30(3)19-9-10-20-30/h6-8,11-16,27H,9-10,17-21,23H2,1-5H3/t27-,31-/m1/s1. The van der Waals surface area contributed by atoms with Crippen LogP contribution in [-0.4, -0.2) is 25.1 Å². The van der Waals surface area contributed by atoms with E-state index < -0.39 is 11.0 Å². The molecule has 4 nitrogen and oxygen atoms in total. The van der Waals surface area contributed by atoms with E-state index in [2.05, 4.69) is 39.0 Å². The van der Waals surface area contributed by atoms with E-state index in [-0.39, 0.29) is 23.5 Å². The van der Waals surface area contributed by atoms with Gasteiger partial charge in [-0.05, 0) is 63.3 Å². The second kappa shape index (κ2) is 11.4. The summed E-state index contributed by atoms with van der Waals surface area (Å²) in [6, 6.07) is 20.2. The highest BCUT2D eigenvalue weighted by molar-refractivity contribution is 5.90. The normalized spacial score (nSPS) is 17.8. The minimum Gasteiger partial charge on any atom is -0.493 e. The first-order chi connectivity index (χ1) is 16.6. The van der Waals surface area contributed by atoms with E-state index in [0.717, 1.165) is 23.5 Å². The van der Waals surface area contributed by atoms with Crippen LogP contribution in [-0.2, 0) is 14.9 Å². The van der Waals surface area contributed by atoms with Crippen molar-refractivity contribution in [2.45, 2.75) is 89.6 Å². The Morgan fingerprint density at radius 2 is 1.69 bits per heavy atom. The van der Waals surface area contributed by atoms with Crippen LogP contribution in [0, 0.1) is 16.7 Å². The number of ketones is 1. The monoisotopic (exact) mass is 475 g/mol. The molecule has 3 rings (SSSR count). The summed E-state index contributed by atoms with van der Waals surface area (Å²) in [6.45, 7) is 9.10. The number of nitriles is 1. The number of carbonyl (C=O) groups is 1. The van der Waals surface area contributed by atoms with Crippen molar-refractivity contribution >= 4 is 5.78 Å². The summed E-state index contributed by atoms with van der Waals surface area (Å²) in [5.74, 6) is 1.00. The van der Waals surface area contributed by atoms with Gasteiger partial charge in [0.15, 0.2) is 0 Å². The Balaban J connectivity index is 1.73. The molecule has 2 aromatic carbocycles. The van der Waals surface area contributed by atoms with Crippen LogP contribution < -0.4 is 4.74 Å². The van der Waals surface area contributed by atoms with Crippen molar-refractivity contribution in [3.63, 3.8) is 0 Å². The van der Waals surface area contributed by atoms with Crippen LogP contribution in [0.5, 0.6) is 5.75 Å². The van der Waals surface area contributed by atoms with E-state index in [9.17, 15) is 10.1 Å². The molecule has 0 amide bonds. The second-order valence-corrected chi connectivity index (χ2v) is 11.2. The van der Waals surface area contributed by atoms with E-state index in [4.69, 9.17) is 9.47 Å². The lowest BCUT2D eigenvalue weighted by molar-refractivity contribution is -0.124. The van der Waals surface area contributed by atoms with Gasteiger partial charge >= 0.3 is 0 Å². The number of carbonyl (C=O) groups excluding carboxylic acids is 1. The molecule has 2 atom stereocenters. The van der Waals surface area contributed by atoms with Gasteiger partial charge in [0.25, 0.3) is 0 Å². The average Bonchev–Trinajstić information content (AvgIpc) is 3.30. The fraction of sp³-hybridized carbons (Fsp3) is 0.548. The van der Waals surface area contributed by atoms with Crippen LogP contribution in [0.4, 0.5) is 0 Å². The Kier molecular flexibility index (Phi) is 8.78. The Labute approximate surface area is 211 Å². The number of ether oxygens (including phenoxy) is 2. The first-order valence-corrected chi connectivity index (χ1v) is 12.9. The van der Waals surface area contributed by atoms with E-state index in [1.54, 1.807) is 7.11 Å². The van der Waals surface area contributed by atoms with Crippen LogP contribution in [0.25, 0.3) is 0 Å². The molecule has 2 aromatic rings. The minimum atomic E-state index is -0.814. The molecule has 4 heteroatoms. The van der Waals surface area contributed by atoms with Crippen LogP contribution in [0.2, 0.25) is 0 Å². The number of nitrogens with zero attached hydrogens (tertiary/aromatic N) is 1. The molecule has 1 fully saturated rings. The van der Waals surface area contributed by atoms with Crippen molar-refractivity contribution in [2.75, 3.05) is 13.7 Å². The fourth-order valence-corrected chi connectivity index (χ4v) is 5.36. The number of benzene rings is 2. The van der Waals surface area contributed by atoms with Crippen LogP contribution in [0.3, 0.4) is 0 Å². The lowest BCUT2D eigenvalue weighted by atomic mass is 9.73. The molecule has 188 valence electrons. The molecule has 0 bridgehead atoms. The van der Waals surface area contributed by atoms with Crippen molar-refractivity contribution in [2.24, 2.45) is 5.41 Å². The maximum absolute atomic E-state index is 13.5. The summed E-state index contributed by atoms with van der Waals surface area (Å²) in [5, 5.41) is 9.46. The number of hydrogen-bond acceptors (Lipinski definition) is 4. The fourth-order valence-electron chi connectivity index (χ4n) is 5.36. The van der Waals surface area contributed by atoms with E-state index in [1.807, 2.05) is 49.4 Å². The van der Waals surface area contributed by atoms with Gasteiger partial charge in [0.2, 0.25) is 0 Å². The molecular weight excluding hydrogens is 434 g/mol. The van der Waals surface area contributed by atoms with Gasteiger partial charge in [-0.2, -0.15) is 5.26 Å². The molecule has 1 aliphatic rings. The average molecular weight is 476 g/mol. The molecule has 0 radical (unpaired) electrons. The highest BCUT2D eigenvalue weighted by Gasteiger charge is 2.37. The summed E-state index contributed by atoms with van der Waals surface area (Å²) in [7, 11) is 1.72. The zero-order valence-electron chi connectivity index (χ0n) is 22.1. The van der Waals surface area contributed by atoms with Gasteiger partial charge in [0.05, 0.1) is 30.1 Å². The highest BCUT2D eigenvalue weighted by atomic mass is 16.5. The molecule has 0 saturated heterocycles. The van der Waals surface area contributed by atoms with Crippen molar-refractivity contribution < 1.29 is 14.3 Å². The van der Waals surface area contributed by atoms with Crippen LogP contribution >= 0.6 is 0 Å². The van der Waals surface area contributed by atoms with Gasteiger partial charge in [-0.15, -0.1) is 0 Å². The predicted octanol–water partition coefficient (Wildman–Crippen LogP) is 7.38. The smallest absolute Gasteiger partial charge is 0.144 e. The van der Waals surface area contributed by atoms with Gasteiger partial charge in [0.1, 0.15) is 11.5 Å². The van der Waals surface area contributed by atoms with E-state index in [0.29, 0.717) is 12.8 Å². The van der Waals surface area contributed by atoms with Gasteiger partial charge in [-0.1, -0.05) is 62.2 Å². The third-order valence-corrected chi connectivity index (χ3v) is 8.16. The molecule has 0 heterocycles. The maximum atomic E-state index is 13.5. The Morgan fingerprint density at radius 1 is 1.06 bits per heavy atom. The lowest BCUT2D eigenvalue weighted by Gasteiger charge is -2.35. The van der Waals surface area contributed by atoms with Gasteiger partial charge in [-0.25, -0.2) is 0 Å². The predicted molar refractivity (Wildman–Crippen MR) is 141 cm³/mol. The molecule has 0 unspecified atom stereocenters. The lowest BCUT2D eigenvalue weighted by Crippen LogP contribution is -2.35. The first kappa shape index (κ1) is 27.0. The number of Topliss-reactive ketones (excluding diaryl/α,β-unsaturated/α-hetero) is 1. The molecule has 35 heavy (non-hydrogen) atoms. The van der Waals surface area contributed by atoms with Crippen molar-refractivity contribution in [3.8, 4) is 11.8 Å². The third kappa shape index (κ3) is 6.53. The van der Waals surface area contributed by atoms with Crippen molar-refractivity contribution in [3.05, 3.63) is 65.7 Å². The SMILES string of the molecule is COC(C)(C)[C@H](CCC(=O)[C@](C)(CC#N)c1ccccc1)c1ccc(OCC2(C)CCCC2)cc1. The number of hydrogen-bond donors (Lipinski definition) is 0. The van der Waals surface area contributed by atoms with Gasteiger partial charge in [-0.3, -0.25) is 4.79 Å². The summed E-state index contributed by atoms with van der Waals surface area (Å²) in [4.78, 5) is 13.5. The number of methoxy groups -OCH3 is 1.